The Labute approximate surface area is 81.5 Å². The van der Waals surface area contributed by atoms with Gasteiger partial charge in [0.05, 0.1) is 5.75 Å². The van der Waals surface area contributed by atoms with Crippen LogP contribution in [0.4, 0.5) is 5.13 Å². The van der Waals surface area contributed by atoms with Gasteiger partial charge in [0, 0.05) is 0 Å². The van der Waals surface area contributed by atoms with Gasteiger partial charge in [0.1, 0.15) is 0 Å². The number of rotatable bonds is 3. The molecular formula is C5H5N5OS2. The zero-order valence-electron chi connectivity index (χ0n) is 6.38. The molecule has 0 bridgehead atoms. The van der Waals surface area contributed by atoms with E-state index in [1.54, 1.807) is 0 Å². The molecular weight excluding hydrogens is 210 g/mol. The first-order valence-electron chi connectivity index (χ1n) is 3.32. The first-order chi connectivity index (χ1) is 6.34. The molecule has 2 N–H and O–H groups in total. The SMILES string of the molecule is Nc1nnc(SCc2ncno2)s1. The highest BCUT2D eigenvalue weighted by atomic mass is 32.2. The van der Waals surface area contributed by atoms with Crippen molar-refractivity contribution in [3.8, 4) is 0 Å². The van der Waals surface area contributed by atoms with Gasteiger partial charge in [-0.25, -0.2) is 0 Å². The summed E-state index contributed by atoms with van der Waals surface area (Å²) in [6.45, 7) is 0. The van der Waals surface area contributed by atoms with Crippen molar-refractivity contribution < 1.29 is 4.52 Å². The standard InChI is InChI=1S/C5H5N5OS2/c6-4-9-10-5(13-4)12-1-3-7-2-8-11-3/h2H,1H2,(H2,6,9). The average Bonchev–Trinajstić information content (AvgIpc) is 2.71. The quantitative estimate of drug-likeness (QED) is 0.757. The summed E-state index contributed by atoms with van der Waals surface area (Å²) in [7, 11) is 0. The van der Waals surface area contributed by atoms with Crippen LogP contribution in [0.1, 0.15) is 5.89 Å². The maximum atomic E-state index is 5.41. The third-order valence-electron chi connectivity index (χ3n) is 1.15. The monoisotopic (exact) mass is 215 g/mol. The summed E-state index contributed by atoms with van der Waals surface area (Å²) in [4.78, 5) is 3.86. The first-order valence-corrected chi connectivity index (χ1v) is 5.12. The number of nitrogens with two attached hydrogens (primary N) is 1. The van der Waals surface area contributed by atoms with E-state index in [0.29, 0.717) is 16.8 Å². The van der Waals surface area contributed by atoms with Crippen LogP contribution >= 0.6 is 23.1 Å². The Balaban J connectivity index is 1.93. The van der Waals surface area contributed by atoms with E-state index >= 15 is 0 Å². The summed E-state index contributed by atoms with van der Waals surface area (Å²) in [6, 6.07) is 0. The maximum Gasteiger partial charge on any atom is 0.236 e. The van der Waals surface area contributed by atoms with E-state index < -0.39 is 0 Å². The minimum absolute atomic E-state index is 0.466. The summed E-state index contributed by atoms with van der Waals surface area (Å²) in [5, 5.41) is 11.5. The molecule has 68 valence electrons. The molecule has 2 aromatic heterocycles. The summed E-state index contributed by atoms with van der Waals surface area (Å²) >= 11 is 2.81. The summed E-state index contributed by atoms with van der Waals surface area (Å²) in [5.74, 6) is 1.16. The van der Waals surface area contributed by atoms with Gasteiger partial charge in [0.15, 0.2) is 10.7 Å². The van der Waals surface area contributed by atoms with Crippen molar-refractivity contribution in [2.75, 3.05) is 5.73 Å². The van der Waals surface area contributed by atoms with Crippen LogP contribution in [0.3, 0.4) is 0 Å². The largest absolute Gasteiger partial charge is 0.374 e. The second-order valence-electron chi connectivity index (χ2n) is 2.03. The Morgan fingerprint density at radius 2 is 2.46 bits per heavy atom. The van der Waals surface area contributed by atoms with Crippen LogP contribution in [-0.2, 0) is 5.75 Å². The predicted molar refractivity (Wildman–Crippen MR) is 48.2 cm³/mol. The fourth-order valence-electron chi connectivity index (χ4n) is 0.662. The minimum atomic E-state index is 0.466. The van der Waals surface area contributed by atoms with E-state index in [4.69, 9.17) is 10.3 Å². The lowest BCUT2D eigenvalue weighted by molar-refractivity contribution is 0.390. The van der Waals surface area contributed by atoms with Crippen LogP contribution in [0.15, 0.2) is 15.2 Å². The molecule has 2 heterocycles. The highest BCUT2D eigenvalue weighted by Crippen LogP contribution is 2.25. The summed E-state index contributed by atoms with van der Waals surface area (Å²) < 4.78 is 5.61. The molecule has 6 nitrogen and oxygen atoms in total. The molecule has 13 heavy (non-hydrogen) atoms. The second-order valence-corrected chi connectivity index (χ2v) is 4.26. The van der Waals surface area contributed by atoms with Crippen molar-refractivity contribution >= 4 is 28.2 Å². The van der Waals surface area contributed by atoms with E-state index in [0.717, 1.165) is 4.34 Å². The first kappa shape index (κ1) is 8.45. The minimum Gasteiger partial charge on any atom is -0.374 e. The average molecular weight is 215 g/mol. The van der Waals surface area contributed by atoms with E-state index in [9.17, 15) is 0 Å². The molecule has 0 saturated heterocycles. The number of nitrogen functional groups attached to an aromatic ring is 1. The highest BCUT2D eigenvalue weighted by Gasteiger charge is 2.04. The van der Waals surface area contributed by atoms with Crippen LogP contribution in [0.25, 0.3) is 0 Å². The van der Waals surface area contributed by atoms with Crippen molar-refractivity contribution in [1.29, 1.82) is 0 Å². The van der Waals surface area contributed by atoms with Gasteiger partial charge in [-0.15, -0.1) is 10.2 Å². The number of nitrogens with zero attached hydrogens (tertiary/aromatic N) is 4. The lowest BCUT2D eigenvalue weighted by Gasteiger charge is -1.88. The van der Waals surface area contributed by atoms with E-state index in [2.05, 4.69) is 20.3 Å². The Bertz CT molecular complexity index is 372. The molecule has 0 fully saturated rings. The number of aromatic nitrogens is 4. The van der Waals surface area contributed by atoms with E-state index in [-0.39, 0.29) is 0 Å². The number of anilines is 1. The van der Waals surface area contributed by atoms with Gasteiger partial charge in [-0.1, -0.05) is 28.3 Å². The lowest BCUT2D eigenvalue weighted by Crippen LogP contribution is -1.80. The molecule has 0 aromatic carbocycles. The molecule has 0 unspecified atom stereocenters. The molecule has 0 aliphatic carbocycles. The number of thioether (sulfide) groups is 1. The Morgan fingerprint density at radius 1 is 1.54 bits per heavy atom. The maximum absolute atomic E-state index is 5.41. The molecule has 0 aliphatic heterocycles. The van der Waals surface area contributed by atoms with Gasteiger partial charge >= 0.3 is 0 Å². The van der Waals surface area contributed by atoms with Gasteiger partial charge in [-0.2, -0.15) is 4.98 Å². The molecule has 8 heteroatoms. The smallest absolute Gasteiger partial charge is 0.236 e. The van der Waals surface area contributed by atoms with Gasteiger partial charge in [0.25, 0.3) is 0 Å². The third-order valence-corrected chi connectivity index (χ3v) is 3.02. The molecule has 0 aliphatic rings. The molecule has 0 spiro atoms. The van der Waals surface area contributed by atoms with Gasteiger partial charge in [0.2, 0.25) is 11.0 Å². The van der Waals surface area contributed by atoms with Crippen LogP contribution in [-0.4, -0.2) is 20.3 Å². The molecule has 2 aromatic rings. The fraction of sp³-hybridized carbons (Fsp3) is 0.200. The molecule has 0 atom stereocenters. The summed E-state index contributed by atoms with van der Waals surface area (Å²) in [6.07, 6.45) is 1.37. The lowest BCUT2D eigenvalue weighted by atomic mass is 10.8. The van der Waals surface area contributed by atoms with Crippen LogP contribution in [0, 0.1) is 0 Å². The normalized spacial score (nSPS) is 10.5. The Hall–Kier alpha value is -1.15. The van der Waals surface area contributed by atoms with Crippen LogP contribution in [0.2, 0.25) is 0 Å². The van der Waals surface area contributed by atoms with Gasteiger partial charge in [-0.05, 0) is 0 Å². The van der Waals surface area contributed by atoms with E-state index in [1.165, 1.54) is 29.4 Å². The Morgan fingerprint density at radius 3 is 3.08 bits per heavy atom. The highest BCUT2D eigenvalue weighted by molar-refractivity contribution is 8.00. The third kappa shape index (κ3) is 2.16. The zero-order chi connectivity index (χ0) is 9.10. The molecule has 2 rings (SSSR count). The fourth-order valence-corrected chi connectivity index (χ4v) is 2.15. The van der Waals surface area contributed by atoms with Crippen LogP contribution in [0.5, 0.6) is 0 Å². The van der Waals surface area contributed by atoms with Crippen molar-refractivity contribution in [2.45, 2.75) is 10.1 Å². The topological polar surface area (TPSA) is 90.7 Å². The van der Waals surface area contributed by atoms with Crippen molar-refractivity contribution in [3.63, 3.8) is 0 Å². The molecule has 0 amide bonds. The van der Waals surface area contributed by atoms with E-state index in [1.807, 2.05) is 0 Å². The zero-order valence-corrected chi connectivity index (χ0v) is 8.01. The Kier molecular flexibility index (Phi) is 2.41. The van der Waals surface area contributed by atoms with Crippen molar-refractivity contribution in [3.05, 3.63) is 12.2 Å². The van der Waals surface area contributed by atoms with Crippen LogP contribution < -0.4 is 5.73 Å². The molecule has 0 radical (unpaired) electrons. The predicted octanol–water partition coefficient (Wildman–Crippen LogP) is 0.796. The van der Waals surface area contributed by atoms with Crippen molar-refractivity contribution in [2.24, 2.45) is 0 Å². The van der Waals surface area contributed by atoms with Gasteiger partial charge < -0.3 is 10.3 Å². The number of hydrogen-bond donors (Lipinski definition) is 1. The second kappa shape index (κ2) is 3.71. The number of hydrogen-bond acceptors (Lipinski definition) is 8. The van der Waals surface area contributed by atoms with Crippen molar-refractivity contribution in [1.82, 2.24) is 20.3 Å². The summed E-state index contributed by atoms with van der Waals surface area (Å²) in [5.41, 5.74) is 5.41. The van der Waals surface area contributed by atoms with Gasteiger partial charge in [-0.3, -0.25) is 0 Å². The molecule has 0 saturated carbocycles.